The van der Waals surface area contributed by atoms with E-state index in [0.717, 1.165) is 6.42 Å². The molecule has 0 aromatic carbocycles. The van der Waals surface area contributed by atoms with Gasteiger partial charge in [-0.2, -0.15) is 13.2 Å². The minimum atomic E-state index is -4.14. The zero-order valence-electron chi connectivity index (χ0n) is 12.1. The third kappa shape index (κ3) is 17.8. The van der Waals surface area contributed by atoms with Crippen molar-refractivity contribution in [1.29, 1.82) is 0 Å². The summed E-state index contributed by atoms with van der Waals surface area (Å²) in [6.07, 6.45) is 6.76. The van der Waals surface area contributed by atoms with E-state index >= 15 is 0 Å². The Hall–Kier alpha value is -0.250. The van der Waals surface area contributed by atoms with Gasteiger partial charge in [0.05, 0.1) is 6.42 Å². The van der Waals surface area contributed by atoms with Crippen molar-refractivity contribution in [1.82, 2.24) is 0 Å². The Morgan fingerprint density at radius 3 is 1.89 bits per heavy atom. The van der Waals surface area contributed by atoms with Gasteiger partial charge in [-0.1, -0.05) is 51.9 Å². The van der Waals surface area contributed by atoms with Gasteiger partial charge in [0.25, 0.3) is 0 Å². The summed E-state index contributed by atoms with van der Waals surface area (Å²) >= 11 is 0. The number of ether oxygens (including phenoxy) is 1. The highest BCUT2D eigenvalue weighted by Crippen LogP contribution is 2.20. The summed E-state index contributed by atoms with van der Waals surface area (Å²) in [5, 5.41) is 0. The van der Waals surface area contributed by atoms with E-state index in [0.29, 0.717) is 26.1 Å². The van der Waals surface area contributed by atoms with Gasteiger partial charge in [0, 0.05) is 13.2 Å². The quantitative estimate of drug-likeness (QED) is 0.394. The molecule has 0 spiro atoms. The van der Waals surface area contributed by atoms with Gasteiger partial charge in [0.2, 0.25) is 0 Å². The second kappa shape index (κ2) is 12.8. The van der Waals surface area contributed by atoms with Gasteiger partial charge in [0.1, 0.15) is 0 Å². The lowest BCUT2D eigenvalue weighted by molar-refractivity contribution is -0.0987. The van der Waals surface area contributed by atoms with Crippen LogP contribution in [0.1, 0.15) is 71.1 Å². The van der Waals surface area contributed by atoms with Gasteiger partial charge >= 0.3 is 6.18 Å². The van der Waals surface area contributed by atoms with E-state index < -0.39 is 6.18 Å². The molecular weight excluding hydrogens is 253 g/mol. The topological polar surface area (TPSA) is 9.23 Å². The van der Waals surface area contributed by atoms with Crippen LogP contribution in [0.2, 0.25) is 0 Å². The van der Waals surface area contributed by atoms with Gasteiger partial charge in [-0.05, 0) is 19.3 Å². The van der Waals surface area contributed by atoms with Gasteiger partial charge in [-0.15, -0.1) is 0 Å². The zero-order valence-corrected chi connectivity index (χ0v) is 12.1. The summed E-state index contributed by atoms with van der Waals surface area (Å²) in [6.45, 7) is 3.33. The lowest BCUT2D eigenvalue weighted by Gasteiger charge is -2.06. The Kier molecular flexibility index (Phi) is 12.6. The molecule has 1 nitrogen and oxygen atoms in total. The first kappa shape index (κ1) is 18.8. The van der Waals surface area contributed by atoms with Crippen molar-refractivity contribution >= 4 is 0 Å². The Morgan fingerprint density at radius 2 is 1.32 bits per heavy atom. The van der Waals surface area contributed by atoms with Crippen LogP contribution >= 0.6 is 0 Å². The highest BCUT2D eigenvalue weighted by Gasteiger charge is 2.26. The largest absolute Gasteiger partial charge is 0.392 e. The monoisotopic (exact) mass is 281 g/mol. The van der Waals surface area contributed by atoms with Crippen molar-refractivity contribution < 1.29 is 17.9 Å². The molecule has 0 atom stereocenters. The standard InChI is InChI=1S/C15H28F3O/c1-2-3-4-5-6-7-8-10-13-19-14-11-9-12-15(16,17)18/h12H,2-11,13-14H2,1H3. The van der Waals surface area contributed by atoms with Crippen LogP contribution in [0.15, 0.2) is 0 Å². The molecule has 0 aromatic rings. The first-order chi connectivity index (χ1) is 9.06. The third-order valence-corrected chi connectivity index (χ3v) is 3.01. The summed E-state index contributed by atoms with van der Waals surface area (Å²) in [6, 6.07) is 0. The second-order valence-electron chi connectivity index (χ2n) is 4.98. The summed E-state index contributed by atoms with van der Waals surface area (Å²) in [5.41, 5.74) is 0. The van der Waals surface area contributed by atoms with Crippen LogP contribution in [0.5, 0.6) is 0 Å². The molecule has 0 amide bonds. The van der Waals surface area contributed by atoms with Gasteiger partial charge in [-0.3, -0.25) is 0 Å². The van der Waals surface area contributed by atoms with E-state index in [1.165, 1.54) is 44.9 Å². The Labute approximate surface area is 115 Å². The maximum Gasteiger partial charge on any atom is 0.392 e. The number of hydrogen-bond acceptors (Lipinski definition) is 1. The number of unbranched alkanes of at least 4 members (excludes halogenated alkanes) is 8. The van der Waals surface area contributed by atoms with E-state index in [9.17, 15) is 13.2 Å². The Bertz CT molecular complexity index is 181. The molecule has 0 N–H and O–H groups in total. The van der Waals surface area contributed by atoms with Crippen LogP contribution in [-0.2, 0) is 4.74 Å². The smallest absolute Gasteiger partial charge is 0.381 e. The average molecular weight is 281 g/mol. The number of alkyl halides is 3. The molecule has 0 aliphatic heterocycles. The molecule has 19 heavy (non-hydrogen) atoms. The first-order valence-corrected chi connectivity index (χ1v) is 7.55. The molecule has 0 aromatic heterocycles. The van der Waals surface area contributed by atoms with Crippen molar-refractivity contribution in [2.45, 2.75) is 77.3 Å². The average Bonchev–Trinajstić information content (AvgIpc) is 2.34. The molecule has 0 bridgehead atoms. The minimum absolute atomic E-state index is 0.0565. The van der Waals surface area contributed by atoms with Gasteiger partial charge < -0.3 is 4.74 Å². The number of rotatable bonds is 13. The fourth-order valence-electron chi connectivity index (χ4n) is 1.89. The van der Waals surface area contributed by atoms with Crippen molar-refractivity contribution in [2.75, 3.05) is 13.2 Å². The molecule has 115 valence electrons. The Morgan fingerprint density at radius 1 is 0.789 bits per heavy atom. The molecule has 0 saturated carbocycles. The molecule has 0 rings (SSSR count). The van der Waals surface area contributed by atoms with Crippen LogP contribution in [-0.4, -0.2) is 19.4 Å². The highest BCUT2D eigenvalue weighted by molar-refractivity contribution is 4.73. The minimum Gasteiger partial charge on any atom is -0.381 e. The lowest BCUT2D eigenvalue weighted by Crippen LogP contribution is -2.08. The van der Waals surface area contributed by atoms with Crippen molar-refractivity contribution in [3.63, 3.8) is 0 Å². The number of halogens is 3. The normalized spacial score (nSPS) is 12.0. The molecule has 0 aliphatic carbocycles. The van der Waals surface area contributed by atoms with E-state index in [1.54, 1.807) is 0 Å². The maximum absolute atomic E-state index is 11.8. The predicted octanol–water partition coefficient (Wildman–Crippen LogP) is 5.69. The molecule has 0 unspecified atom stereocenters. The summed E-state index contributed by atoms with van der Waals surface area (Å²) in [7, 11) is 0. The fraction of sp³-hybridized carbons (Fsp3) is 0.933. The fourth-order valence-corrected chi connectivity index (χ4v) is 1.89. The summed E-state index contributed by atoms with van der Waals surface area (Å²) in [5.74, 6) is 0. The summed E-state index contributed by atoms with van der Waals surface area (Å²) in [4.78, 5) is 0. The molecule has 0 aliphatic rings. The first-order valence-electron chi connectivity index (χ1n) is 7.55. The van der Waals surface area contributed by atoms with Gasteiger partial charge in [0.15, 0.2) is 0 Å². The number of hydrogen-bond donors (Lipinski definition) is 0. The second-order valence-corrected chi connectivity index (χ2v) is 4.98. The van der Waals surface area contributed by atoms with E-state index in [1.807, 2.05) is 0 Å². The molecule has 0 heterocycles. The molecular formula is C15H28F3O. The molecule has 4 heteroatoms. The van der Waals surface area contributed by atoms with Crippen molar-refractivity contribution in [2.24, 2.45) is 0 Å². The van der Waals surface area contributed by atoms with E-state index in [-0.39, 0.29) is 6.42 Å². The SMILES string of the molecule is CCCCCCCCCCOCCC[CH]C(F)(F)F. The Balaban J connectivity index is 2.99. The van der Waals surface area contributed by atoms with Crippen molar-refractivity contribution in [3.05, 3.63) is 6.42 Å². The van der Waals surface area contributed by atoms with Crippen LogP contribution in [0, 0.1) is 6.42 Å². The van der Waals surface area contributed by atoms with E-state index in [4.69, 9.17) is 4.74 Å². The molecule has 0 fully saturated rings. The van der Waals surface area contributed by atoms with Crippen molar-refractivity contribution in [3.8, 4) is 0 Å². The van der Waals surface area contributed by atoms with E-state index in [2.05, 4.69) is 6.92 Å². The lowest BCUT2D eigenvalue weighted by atomic mass is 10.1. The molecule has 1 radical (unpaired) electrons. The van der Waals surface area contributed by atoms with Crippen LogP contribution in [0.25, 0.3) is 0 Å². The van der Waals surface area contributed by atoms with Crippen LogP contribution < -0.4 is 0 Å². The van der Waals surface area contributed by atoms with Crippen LogP contribution in [0.3, 0.4) is 0 Å². The summed E-state index contributed by atoms with van der Waals surface area (Å²) < 4.78 is 40.7. The predicted molar refractivity (Wildman–Crippen MR) is 73.0 cm³/mol. The third-order valence-electron chi connectivity index (χ3n) is 3.01. The maximum atomic E-state index is 11.8. The highest BCUT2D eigenvalue weighted by atomic mass is 19.4. The zero-order chi connectivity index (χ0) is 14.4. The van der Waals surface area contributed by atoms with Gasteiger partial charge in [-0.25, -0.2) is 0 Å². The van der Waals surface area contributed by atoms with Crippen LogP contribution in [0.4, 0.5) is 13.2 Å². The molecule has 0 saturated heterocycles.